The molecule has 34 heavy (non-hydrogen) atoms. The normalized spacial score (nSPS) is 11.5. The minimum Gasteiger partial charge on any atom is -0.493 e. The second-order valence-corrected chi connectivity index (χ2v) is 10.2. The van der Waals surface area contributed by atoms with E-state index in [0.29, 0.717) is 27.6 Å². The van der Waals surface area contributed by atoms with Gasteiger partial charge in [-0.3, -0.25) is 4.79 Å². The largest absolute Gasteiger partial charge is 0.493 e. The highest BCUT2D eigenvalue weighted by Crippen LogP contribution is 2.37. The van der Waals surface area contributed by atoms with Crippen LogP contribution in [0.1, 0.15) is 43.0 Å². The molecule has 5 nitrogen and oxygen atoms in total. The first-order chi connectivity index (χ1) is 16.2. The predicted molar refractivity (Wildman–Crippen MR) is 141 cm³/mol. The fourth-order valence-electron chi connectivity index (χ4n) is 3.22. The molecular formula is C27H28BrClN2O3. The predicted octanol–water partition coefficient (Wildman–Crippen LogP) is 6.68. The molecule has 0 saturated carbocycles. The van der Waals surface area contributed by atoms with Crippen molar-refractivity contribution in [1.82, 2.24) is 5.43 Å². The number of benzene rings is 3. The molecule has 7 heteroatoms. The SMILES string of the molecule is COc1cc(/C=N\NC(=O)Cc2ccc(C(C)(C)C)cc2)cc(Br)c1OCc1ccc(Cl)cc1. The van der Waals surface area contributed by atoms with E-state index in [9.17, 15) is 4.79 Å². The van der Waals surface area contributed by atoms with Gasteiger partial charge in [0, 0.05) is 5.02 Å². The Balaban J connectivity index is 1.60. The van der Waals surface area contributed by atoms with Gasteiger partial charge < -0.3 is 9.47 Å². The van der Waals surface area contributed by atoms with Crippen molar-refractivity contribution < 1.29 is 14.3 Å². The lowest BCUT2D eigenvalue weighted by molar-refractivity contribution is -0.120. The summed E-state index contributed by atoms with van der Waals surface area (Å²) in [5.74, 6) is 0.945. The van der Waals surface area contributed by atoms with Crippen molar-refractivity contribution in [3.8, 4) is 11.5 Å². The maximum absolute atomic E-state index is 12.3. The van der Waals surface area contributed by atoms with Crippen LogP contribution < -0.4 is 14.9 Å². The molecule has 0 atom stereocenters. The van der Waals surface area contributed by atoms with Crippen molar-refractivity contribution in [2.75, 3.05) is 7.11 Å². The number of hydrogen-bond acceptors (Lipinski definition) is 4. The van der Waals surface area contributed by atoms with E-state index in [0.717, 1.165) is 16.7 Å². The van der Waals surface area contributed by atoms with Crippen LogP contribution in [-0.4, -0.2) is 19.2 Å². The molecule has 0 radical (unpaired) electrons. The third-order valence-electron chi connectivity index (χ3n) is 5.14. The van der Waals surface area contributed by atoms with Gasteiger partial charge in [-0.1, -0.05) is 68.8 Å². The number of rotatable bonds is 8. The van der Waals surface area contributed by atoms with Crippen LogP contribution in [-0.2, 0) is 23.2 Å². The molecule has 0 aliphatic rings. The summed E-state index contributed by atoms with van der Waals surface area (Å²) in [6, 6.07) is 19.2. The highest BCUT2D eigenvalue weighted by atomic mass is 79.9. The molecule has 0 fully saturated rings. The third kappa shape index (κ3) is 7.34. The smallest absolute Gasteiger partial charge is 0.244 e. The molecule has 0 aromatic heterocycles. The maximum Gasteiger partial charge on any atom is 0.244 e. The Morgan fingerprint density at radius 2 is 1.71 bits per heavy atom. The van der Waals surface area contributed by atoms with Gasteiger partial charge >= 0.3 is 0 Å². The molecule has 0 bridgehead atoms. The van der Waals surface area contributed by atoms with Gasteiger partial charge in [-0.2, -0.15) is 5.10 Å². The van der Waals surface area contributed by atoms with E-state index in [1.54, 1.807) is 19.4 Å². The maximum atomic E-state index is 12.3. The van der Waals surface area contributed by atoms with Crippen molar-refractivity contribution in [2.45, 2.75) is 39.2 Å². The van der Waals surface area contributed by atoms with Crippen molar-refractivity contribution in [2.24, 2.45) is 5.10 Å². The molecule has 0 aliphatic heterocycles. The molecule has 3 aromatic rings. The van der Waals surface area contributed by atoms with Crippen LogP contribution in [0.2, 0.25) is 5.02 Å². The summed E-state index contributed by atoms with van der Waals surface area (Å²) in [7, 11) is 1.57. The molecule has 178 valence electrons. The molecule has 0 spiro atoms. The number of methoxy groups -OCH3 is 1. The molecule has 1 amide bonds. The van der Waals surface area contributed by atoms with E-state index in [-0.39, 0.29) is 17.7 Å². The zero-order chi connectivity index (χ0) is 24.7. The number of hydrogen-bond donors (Lipinski definition) is 1. The first-order valence-electron chi connectivity index (χ1n) is 10.8. The van der Waals surface area contributed by atoms with Gasteiger partial charge in [0.1, 0.15) is 6.61 Å². The minimum atomic E-state index is -0.186. The van der Waals surface area contributed by atoms with Gasteiger partial charge in [0.15, 0.2) is 11.5 Å². The van der Waals surface area contributed by atoms with Gasteiger partial charge in [0.2, 0.25) is 5.91 Å². The zero-order valence-electron chi connectivity index (χ0n) is 19.7. The van der Waals surface area contributed by atoms with E-state index < -0.39 is 0 Å². The third-order valence-corrected chi connectivity index (χ3v) is 5.98. The van der Waals surface area contributed by atoms with E-state index in [4.69, 9.17) is 21.1 Å². The highest BCUT2D eigenvalue weighted by molar-refractivity contribution is 9.10. The Morgan fingerprint density at radius 3 is 2.32 bits per heavy atom. The second kappa shape index (κ2) is 11.5. The van der Waals surface area contributed by atoms with Crippen molar-refractivity contribution >= 4 is 39.7 Å². The van der Waals surface area contributed by atoms with Crippen LogP contribution in [0.25, 0.3) is 0 Å². The number of nitrogens with zero attached hydrogens (tertiary/aromatic N) is 1. The Kier molecular flexibility index (Phi) is 8.75. The summed E-state index contributed by atoms with van der Waals surface area (Å²) in [5.41, 5.74) is 6.56. The molecule has 0 saturated heterocycles. The van der Waals surface area contributed by atoms with Gasteiger partial charge in [-0.25, -0.2) is 5.43 Å². The lowest BCUT2D eigenvalue weighted by atomic mass is 9.86. The fourth-order valence-corrected chi connectivity index (χ4v) is 3.92. The van der Waals surface area contributed by atoms with E-state index in [2.05, 4.69) is 59.4 Å². The minimum absolute atomic E-state index is 0.0802. The molecule has 3 rings (SSSR count). The van der Waals surface area contributed by atoms with Crippen molar-refractivity contribution in [1.29, 1.82) is 0 Å². The monoisotopic (exact) mass is 542 g/mol. The number of hydrazone groups is 1. The lowest BCUT2D eigenvalue weighted by Crippen LogP contribution is -2.20. The summed E-state index contributed by atoms with van der Waals surface area (Å²) in [6.45, 7) is 6.85. The van der Waals surface area contributed by atoms with Crippen LogP contribution in [0.5, 0.6) is 11.5 Å². The highest BCUT2D eigenvalue weighted by Gasteiger charge is 2.14. The van der Waals surface area contributed by atoms with Crippen LogP contribution in [0.3, 0.4) is 0 Å². The molecule has 0 unspecified atom stereocenters. The van der Waals surface area contributed by atoms with E-state index in [1.807, 2.05) is 42.5 Å². The van der Waals surface area contributed by atoms with E-state index >= 15 is 0 Å². The fraction of sp³-hybridized carbons (Fsp3) is 0.259. The number of halogens is 2. The molecule has 1 N–H and O–H groups in total. The summed E-state index contributed by atoms with van der Waals surface area (Å²) in [6.07, 6.45) is 1.82. The molecule has 0 aliphatic carbocycles. The molecular weight excluding hydrogens is 516 g/mol. The number of amides is 1. The van der Waals surface area contributed by atoms with Crippen LogP contribution in [0, 0.1) is 0 Å². The zero-order valence-corrected chi connectivity index (χ0v) is 22.0. The number of ether oxygens (including phenoxy) is 2. The standard InChI is InChI=1S/C27H28BrClN2O3/c1-27(2,3)21-9-5-18(6-10-21)15-25(32)31-30-16-20-13-23(28)26(24(14-20)33-4)34-17-19-7-11-22(29)12-8-19/h5-14,16H,15,17H2,1-4H3,(H,31,32)/b30-16-. The van der Waals surface area contributed by atoms with Gasteiger partial charge in [-0.05, 0) is 67.9 Å². The van der Waals surface area contributed by atoms with E-state index in [1.165, 1.54) is 5.56 Å². The summed E-state index contributed by atoms with van der Waals surface area (Å²) in [4.78, 5) is 12.3. The van der Waals surface area contributed by atoms with Crippen molar-refractivity contribution in [3.63, 3.8) is 0 Å². The van der Waals surface area contributed by atoms with Crippen LogP contribution in [0.4, 0.5) is 0 Å². The van der Waals surface area contributed by atoms with Gasteiger partial charge in [-0.15, -0.1) is 0 Å². The topological polar surface area (TPSA) is 59.9 Å². The lowest BCUT2D eigenvalue weighted by Gasteiger charge is -2.19. The van der Waals surface area contributed by atoms with Gasteiger partial charge in [0.25, 0.3) is 0 Å². The summed E-state index contributed by atoms with van der Waals surface area (Å²) in [5, 5.41) is 4.77. The summed E-state index contributed by atoms with van der Waals surface area (Å²) < 4.78 is 12.2. The Hall–Kier alpha value is -2.83. The Bertz CT molecular complexity index is 1150. The first-order valence-corrected chi connectivity index (χ1v) is 12.0. The summed E-state index contributed by atoms with van der Waals surface area (Å²) >= 11 is 9.47. The second-order valence-electron chi connectivity index (χ2n) is 8.87. The van der Waals surface area contributed by atoms with Gasteiger partial charge in [0.05, 0.1) is 24.2 Å². The quantitative estimate of drug-likeness (QED) is 0.255. The van der Waals surface area contributed by atoms with Crippen LogP contribution in [0.15, 0.2) is 70.2 Å². The molecule has 3 aromatic carbocycles. The Labute approximate surface area is 214 Å². The van der Waals surface area contributed by atoms with Crippen LogP contribution >= 0.6 is 27.5 Å². The first kappa shape index (κ1) is 25.8. The van der Waals surface area contributed by atoms with Crippen molar-refractivity contribution in [3.05, 3.63) is 92.4 Å². The number of carbonyl (C=O) groups excluding carboxylic acids is 1. The number of nitrogens with one attached hydrogen (secondary N) is 1. The number of carbonyl (C=O) groups is 1. The average Bonchev–Trinajstić information content (AvgIpc) is 2.79. The average molecular weight is 544 g/mol. The Morgan fingerprint density at radius 1 is 1.06 bits per heavy atom. The molecule has 0 heterocycles.